The molecule has 0 aromatic heterocycles. The highest BCUT2D eigenvalue weighted by Gasteiger charge is 2.16. The van der Waals surface area contributed by atoms with Gasteiger partial charge in [0.1, 0.15) is 5.38 Å². The number of rotatable bonds is 4. The van der Waals surface area contributed by atoms with Crippen LogP contribution in [0.25, 0.3) is 0 Å². The minimum absolute atomic E-state index is 0.0781. The molecule has 1 aromatic rings. The summed E-state index contributed by atoms with van der Waals surface area (Å²) in [5, 5.41) is -1.28. The topological polar surface area (TPSA) is 0 Å². The minimum atomic E-state index is -2.34. The molecule has 0 N–H and O–H groups in total. The number of hydrogen-bond donors (Lipinski definition) is 0. The third-order valence-corrected chi connectivity index (χ3v) is 3.23. The van der Waals surface area contributed by atoms with Crippen molar-refractivity contribution in [3.63, 3.8) is 0 Å². The Balaban J connectivity index is 2.48. The van der Waals surface area contributed by atoms with E-state index < -0.39 is 17.3 Å². The Hall–Kier alpha value is -0.610. The second-order valence-electron chi connectivity index (χ2n) is 2.70. The summed E-state index contributed by atoms with van der Waals surface area (Å²) < 4.78 is 36.2. The Morgan fingerprint density at radius 3 is 2.33 bits per heavy atom. The van der Waals surface area contributed by atoms with Crippen molar-refractivity contribution in [2.24, 2.45) is 0 Å². The molecule has 0 aliphatic heterocycles. The van der Waals surface area contributed by atoms with E-state index in [0.717, 1.165) is 4.90 Å². The molecule has 82 valence electrons. The SMILES string of the molecule is FC(F)=C(F)C(Cl)CSc1ccccc1. The van der Waals surface area contributed by atoms with Gasteiger partial charge in [-0.15, -0.1) is 23.4 Å². The number of hydrogen-bond acceptors (Lipinski definition) is 1. The molecule has 15 heavy (non-hydrogen) atoms. The van der Waals surface area contributed by atoms with E-state index in [-0.39, 0.29) is 5.75 Å². The average molecular weight is 253 g/mol. The fraction of sp³-hybridized carbons (Fsp3) is 0.200. The van der Waals surface area contributed by atoms with Gasteiger partial charge in [-0.05, 0) is 12.1 Å². The minimum Gasteiger partial charge on any atom is -0.204 e. The monoisotopic (exact) mass is 252 g/mol. The highest BCUT2D eigenvalue weighted by atomic mass is 35.5. The van der Waals surface area contributed by atoms with E-state index in [4.69, 9.17) is 11.6 Å². The predicted octanol–water partition coefficient (Wildman–Crippen LogP) is 4.46. The maximum absolute atomic E-state index is 12.6. The van der Waals surface area contributed by atoms with Gasteiger partial charge >= 0.3 is 6.08 Å². The summed E-state index contributed by atoms with van der Waals surface area (Å²) in [6.07, 6.45) is -2.34. The van der Waals surface area contributed by atoms with Crippen molar-refractivity contribution in [2.75, 3.05) is 5.75 Å². The summed E-state index contributed by atoms with van der Waals surface area (Å²) >= 11 is 6.68. The maximum atomic E-state index is 12.6. The first-order chi connectivity index (χ1) is 7.11. The molecule has 1 aromatic carbocycles. The number of thioether (sulfide) groups is 1. The largest absolute Gasteiger partial charge is 0.303 e. The van der Waals surface area contributed by atoms with Gasteiger partial charge in [-0.1, -0.05) is 18.2 Å². The smallest absolute Gasteiger partial charge is 0.204 e. The lowest BCUT2D eigenvalue weighted by atomic mass is 10.4. The highest BCUT2D eigenvalue weighted by molar-refractivity contribution is 7.99. The molecule has 0 saturated carbocycles. The summed E-state index contributed by atoms with van der Waals surface area (Å²) in [6, 6.07) is 9.08. The molecule has 0 aliphatic rings. The molecule has 0 amide bonds. The van der Waals surface area contributed by atoms with Gasteiger partial charge in [-0.2, -0.15) is 8.78 Å². The molecule has 0 nitrogen and oxygen atoms in total. The molecular weight excluding hydrogens is 245 g/mol. The van der Waals surface area contributed by atoms with Gasteiger partial charge in [0.25, 0.3) is 0 Å². The molecule has 5 heteroatoms. The average Bonchev–Trinajstić information content (AvgIpc) is 2.26. The van der Waals surface area contributed by atoms with Gasteiger partial charge in [0.15, 0.2) is 5.83 Å². The number of halogens is 4. The van der Waals surface area contributed by atoms with Crippen LogP contribution in [0.3, 0.4) is 0 Å². The molecule has 0 heterocycles. The fourth-order valence-corrected chi connectivity index (χ4v) is 1.98. The van der Waals surface area contributed by atoms with E-state index >= 15 is 0 Å². The van der Waals surface area contributed by atoms with Gasteiger partial charge in [0, 0.05) is 10.6 Å². The highest BCUT2D eigenvalue weighted by Crippen LogP contribution is 2.25. The Kier molecular flexibility index (Phi) is 5.05. The van der Waals surface area contributed by atoms with Gasteiger partial charge in [0.2, 0.25) is 0 Å². The summed E-state index contributed by atoms with van der Waals surface area (Å²) in [5.41, 5.74) is 0. The molecule has 0 saturated heterocycles. The van der Waals surface area contributed by atoms with Crippen LogP contribution in [0.1, 0.15) is 0 Å². The normalized spacial score (nSPS) is 12.3. The number of allylic oxidation sites excluding steroid dienone is 1. The van der Waals surface area contributed by atoms with E-state index in [9.17, 15) is 13.2 Å². The number of benzene rings is 1. The van der Waals surface area contributed by atoms with Crippen molar-refractivity contribution < 1.29 is 13.2 Å². The van der Waals surface area contributed by atoms with Gasteiger partial charge < -0.3 is 0 Å². The van der Waals surface area contributed by atoms with Crippen molar-refractivity contribution >= 4 is 23.4 Å². The molecule has 0 bridgehead atoms. The molecule has 0 fully saturated rings. The Labute approximate surface area is 95.1 Å². The van der Waals surface area contributed by atoms with Crippen LogP contribution in [-0.4, -0.2) is 11.1 Å². The third kappa shape index (κ3) is 4.18. The Morgan fingerprint density at radius 2 is 1.80 bits per heavy atom. The van der Waals surface area contributed by atoms with Crippen molar-refractivity contribution in [3.8, 4) is 0 Å². The molecule has 1 unspecified atom stereocenters. The van der Waals surface area contributed by atoms with Gasteiger partial charge in [-0.3, -0.25) is 0 Å². The fourth-order valence-electron chi connectivity index (χ4n) is 0.878. The molecule has 1 rings (SSSR count). The van der Waals surface area contributed by atoms with E-state index in [0.29, 0.717) is 0 Å². The first-order valence-electron chi connectivity index (χ1n) is 4.14. The zero-order chi connectivity index (χ0) is 11.3. The lowest BCUT2D eigenvalue weighted by Crippen LogP contribution is -2.03. The van der Waals surface area contributed by atoms with Gasteiger partial charge in [0.05, 0.1) is 0 Å². The summed E-state index contributed by atoms with van der Waals surface area (Å²) in [4.78, 5) is 0.871. The summed E-state index contributed by atoms with van der Waals surface area (Å²) in [6.45, 7) is 0. The maximum Gasteiger partial charge on any atom is 0.303 e. The standard InChI is InChI=1S/C10H8ClF3S/c11-8(9(12)10(13)14)6-15-7-4-2-1-3-5-7/h1-5,8H,6H2. The van der Waals surface area contributed by atoms with Crippen molar-refractivity contribution in [1.82, 2.24) is 0 Å². The van der Waals surface area contributed by atoms with E-state index in [2.05, 4.69) is 0 Å². The molecular formula is C10H8ClF3S. The summed E-state index contributed by atoms with van der Waals surface area (Å²) in [7, 11) is 0. The van der Waals surface area contributed by atoms with E-state index in [1.54, 1.807) is 0 Å². The van der Waals surface area contributed by atoms with Crippen LogP contribution in [0.4, 0.5) is 13.2 Å². The van der Waals surface area contributed by atoms with Gasteiger partial charge in [-0.25, -0.2) is 4.39 Å². The molecule has 0 spiro atoms. The van der Waals surface area contributed by atoms with Crippen molar-refractivity contribution in [2.45, 2.75) is 10.3 Å². The second-order valence-corrected chi connectivity index (χ2v) is 4.32. The lowest BCUT2D eigenvalue weighted by Gasteiger charge is -2.05. The molecule has 0 aliphatic carbocycles. The van der Waals surface area contributed by atoms with Crippen LogP contribution in [0.5, 0.6) is 0 Å². The van der Waals surface area contributed by atoms with Crippen LogP contribution in [0.15, 0.2) is 47.1 Å². The quantitative estimate of drug-likeness (QED) is 0.563. The zero-order valence-electron chi connectivity index (χ0n) is 7.59. The Morgan fingerprint density at radius 1 is 1.20 bits per heavy atom. The second kappa shape index (κ2) is 6.08. The first-order valence-corrected chi connectivity index (χ1v) is 5.56. The Bertz CT molecular complexity index is 336. The van der Waals surface area contributed by atoms with Crippen LogP contribution < -0.4 is 0 Å². The van der Waals surface area contributed by atoms with Crippen molar-refractivity contribution in [3.05, 3.63) is 42.2 Å². The lowest BCUT2D eigenvalue weighted by molar-refractivity contribution is 0.374. The number of alkyl halides is 1. The van der Waals surface area contributed by atoms with Crippen LogP contribution in [-0.2, 0) is 0 Å². The predicted molar refractivity (Wildman–Crippen MR) is 57.2 cm³/mol. The van der Waals surface area contributed by atoms with E-state index in [1.807, 2.05) is 30.3 Å². The third-order valence-electron chi connectivity index (χ3n) is 1.60. The molecule has 0 radical (unpaired) electrons. The zero-order valence-corrected chi connectivity index (χ0v) is 9.16. The first kappa shape index (κ1) is 12.5. The van der Waals surface area contributed by atoms with Crippen molar-refractivity contribution in [1.29, 1.82) is 0 Å². The van der Waals surface area contributed by atoms with Crippen LogP contribution >= 0.6 is 23.4 Å². The van der Waals surface area contributed by atoms with Crippen LogP contribution in [0, 0.1) is 0 Å². The van der Waals surface area contributed by atoms with Crippen LogP contribution in [0.2, 0.25) is 0 Å². The molecule has 1 atom stereocenters. The van der Waals surface area contributed by atoms with E-state index in [1.165, 1.54) is 11.8 Å². The summed E-state index contributed by atoms with van der Waals surface area (Å²) in [5.74, 6) is -1.46.